The molecule has 6 nitrogen and oxygen atoms in total. The fourth-order valence-corrected chi connectivity index (χ4v) is 3.55. The molecule has 0 saturated heterocycles. The minimum Gasteiger partial charge on any atom is -0.350 e. The number of nitrogens with zero attached hydrogens (tertiary/aromatic N) is 2. The third-order valence-corrected chi connectivity index (χ3v) is 5.10. The van der Waals surface area contributed by atoms with E-state index in [2.05, 4.69) is 15.6 Å². The van der Waals surface area contributed by atoms with Gasteiger partial charge in [-0.05, 0) is 54.3 Å². The van der Waals surface area contributed by atoms with Crippen LogP contribution < -0.4 is 15.5 Å². The Labute approximate surface area is 175 Å². The first-order valence-electron chi connectivity index (χ1n) is 10.1. The summed E-state index contributed by atoms with van der Waals surface area (Å²) in [6, 6.07) is 21.3. The van der Waals surface area contributed by atoms with Gasteiger partial charge >= 0.3 is 0 Å². The van der Waals surface area contributed by atoms with E-state index in [1.165, 1.54) is 0 Å². The molecule has 2 heterocycles. The zero-order valence-corrected chi connectivity index (χ0v) is 16.7. The Morgan fingerprint density at radius 1 is 0.967 bits per heavy atom. The fraction of sp³-hybridized carbons (Fsp3) is 0.208. The number of carbonyl (C=O) groups excluding carboxylic acids is 2. The number of benzene rings is 2. The van der Waals surface area contributed by atoms with Crippen molar-refractivity contribution in [2.45, 2.75) is 25.8 Å². The van der Waals surface area contributed by atoms with E-state index in [1.807, 2.05) is 66.7 Å². The third-order valence-electron chi connectivity index (χ3n) is 5.10. The van der Waals surface area contributed by atoms with Gasteiger partial charge in [-0.15, -0.1) is 0 Å². The zero-order chi connectivity index (χ0) is 20.8. The van der Waals surface area contributed by atoms with E-state index in [-0.39, 0.29) is 18.4 Å². The summed E-state index contributed by atoms with van der Waals surface area (Å²) < 4.78 is 0. The summed E-state index contributed by atoms with van der Waals surface area (Å²) >= 11 is 0. The van der Waals surface area contributed by atoms with Crippen molar-refractivity contribution in [3.63, 3.8) is 0 Å². The monoisotopic (exact) mass is 400 g/mol. The van der Waals surface area contributed by atoms with Gasteiger partial charge in [-0.2, -0.15) is 0 Å². The van der Waals surface area contributed by atoms with Crippen LogP contribution in [-0.4, -0.2) is 23.3 Å². The van der Waals surface area contributed by atoms with Crippen LogP contribution in [0.1, 0.15) is 24.0 Å². The van der Waals surface area contributed by atoms with Gasteiger partial charge in [-0.3, -0.25) is 9.59 Å². The van der Waals surface area contributed by atoms with E-state index in [0.29, 0.717) is 13.0 Å². The first kappa shape index (κ1) is 19.6. The Hall–Kier alpha value is -3.67. The second-order valence-corrected chi connectivity index (χ2v) is 7.28. The molecule has 2 aromatic carbocycles. The Morgan fingerprint density at radius 2 is 1.77 bits per heavy atom. The molecule has 0 radical (unpaired) electrons. The van der Waals surface area contributed by atoms with Crippen LogP contribution in [0, 0.1) is 0 Å². The number of aryl methyl sites for hydroxylation is 1. The lowest BCUT2D eigenvalue weighted by atomic mass is 10.1. The Bertz CT molecular complexity index is 1020. The lowest BCUT2D eigenvalue weighted by Gasteiger charge is -2.22. The summed E-state index contributed by atoms with van der Waals surface area (Å²) in [7, 11) is 0. The maximum Gasteiger partial charge on any atom is 0.240 e. The number of carbonyl (C=O) groups is 2. The SMILES string of the molecule is O=C(CN1C(=O)CCCc2ccccc21)NCc1ccc(Nc2ccccn2)cc1. The average Bonchev–Trinajstić information content (AvgIpc) is 2.93. The van der Waals surface area contributed by atoms with Gasteiger partial charge in [-0.25, -0.2) is 4.98 Å². The van der Waals surface area contributed by atoms with Crippen molar-refractivity contribution in [1.29, 1.82) is 0 Å². The van der Waals surface area contributed by atoms with Crippen molar-refractivity contribution in [3.05, 3.63) is 84.1 Å². The summed E-state index contributed by atoms with van der Waals surface area (Å²) in [5, 5.41) is 6.15. The first-order valence-corrected chi connectivity index (χ1v) is 10.1. The fourth-order valence-electron chi connectivity index (χ4n) is 3.55. The van der Waals surface area contributed by atoms with Gasteiger partial charge in [0.05, 0.1) is 0 Å². The molecule has 30 heavy (non-hydrogen) atoms. The minimum atomic E-state index is -0.171. The smallest absolute Gasteiger partial charge is 0.240 e. The Morgan fingerprint density at radius 3 is 2.57 bits per heavy atom. The van der Waals surface area contributed by atoms with Crippen LogP contribution in [0.5, 0.6) is 0 Å². The summed E-state index contributed by atoms with van der Waals surface area (Å²) in [5.74, 6) is 0.608. The van der Waals surface area contributed by atoms with E-state index in [9.17, 15) is 9.59 Å². The maximum absolute atomic E-state index is 12.5. The Balaban J connectivity index is 1.34. The van der Waals surface area contributed by atoms with Gasteiger partial charge in [0.25, 0.3) is 0 Å². The lowest BCUT2D eigenvalue weighted by Crippen LogP contribution is -2.40. The lowest BCUT2D eigenvalue weighted by molar-refractivity contribution is -0.123. The predicted octanol–water partition coefficient (Wildman–Crippen LogP) is 3.81. The van der Waals surface area contributed by atoms with Crippen molar-refractivity contribution in [2.24, 2.45) is 0 Å². The molecule has 0 unspecified atom stereocenters. The van der Waals surface area contributed by atoms with Crippen LogP contribution in [0.25, 0.3) is 0 Å². The first-order chi connectivity index (χ1) is 14.7. The molecule has 1 aliphatic heterocycles. The summed E-state index contributed by atoms with van der Waals surface area (Å²) in [5.41, 5.74) is 3.88. The number of hydrogen-bond acceptors (Lipinski definition) is 4. The molecule has 0 saturated carbocycles. The molecule has 1 aromatic heterocycles. The number of fused-ring (bicyclic) bond motifs is 1. The molecule has 0 fully saturated rings. The summed E-state index contributed by atoms with van der Waals surface area (Å²) in [6.07, 6.45) is 3.87. The molecular weight excluding hydrogens is 376 g/mol. The third kappa shape index (κ3) is 4.84. The number of nitrogens with one attached hydrogen (secondary N) is 2. The number of pyridine rings is 1. The summed E-state index contributed by atoms with van der Waals surface area (Å²) in [6.45, 7) is 0.446. The summed E-state index contributed by atoms with van der Waals surface area (Å²) in [4.78, 5) is 30.9. The number of para-hydroxylation sites is 1. The second-order valence-electron chi connectivity index (χ2n) is 7.28. The molecule has 4 rings (SSSR count). The molecule has 0 aliphatic carbocycles. The minimum absolute atomic E-state index is 0.0000451. The molecule has 0 spiro atoms. The molecule has 0 bridgehead atoms. The van der Waals surface area contributed by atoms with Crippen molar-refractivity contribution in [1.82, 2.24) is 10.3 Å². The standard InChI is InChI=1S/C24H24N4O2/c29-23(17-28-21-8-2-1-6-19(21)7-5-10-24(28)30)26-16-18-11-13-20(14-12-18)27-22-9-3-4-15-25-22/h1-4,6,8-9,11-15H,5,7,10,16-17H2,(H,25,27)(H,26,29). The van der Waals surface area contributed by atoms with Gasteiger partial charge in [0.1, 0.15) is 12.4 Å². The number of rotatable bonds is 6. The number of aromatic nitrogens is 1. The highest BCUT2D eigenvalue weighted by atomic mass is 16.2. The number of amides is 2. The predicted molar refractivity (Wildman–Crippen MR) is 118 cm³/mol. The van der Waals surface area contributed by atoms with E-state index in [1.54, 1.807) is 11.1 Å². The van der Waals surface area contributed by atoms with Crippen LogP contribution in [0.15, 0.2) is 72.9 Å². The highest BCUT2D eigenvalue weighted by molar-refractivity contribution is 5.99. The van der Waals surface area contributed by atoms with Crippen LogP contribution in [-0.2, 0) is 22.6 Å². The zero-order valence-electron chi connectivity index (χ0n) is 16.7. The number of hydrogen-bond donors (Lipinski definition) is 2. The highest BCUT2D eigenvalue weighted by Crippen LogP contribution is 2.26. The van der Waals surface area contributed by atoms with Crippen LogP contribution in [0.2, 0.25) is 0 Å². The molecule has 6 heteroatoms. The van der Waals surface area contributed by atoms with Gasteiger partial charge in [0.15, 0.2) is 0 Å². The van der Waals surface area contributed by atoms with E-state index in [4.69, 9.17) is 0 Å². The van der Waals surface area contributed by atoms with Gasteiger partial charge < -0.3 is 15.5 Å². The van der Waals surface area contributed by atoms with E-state index < -0.39 is 0 Å². The molecule has 2 amide bonds. The van der Waals surface area contributed by atoms with Crippen LogP contribution in [0.4, 0.5) is 17.2 Å². The molecule has 1 aliphatic rings. The van der Waals surface area contributed by atoms with Crippen molar-refractivity contribution in [2.75, 3.05) is 16.8 Å². The highest BCUT2D eigenvalue weighted by Gasteiger charge is 2.23. The van der Waals surface area contributed by atoms with E-state index >= 15 is 0 Å². The molecule has 0 atom stereocenters. The van der Waals surface area contributed by atoms with Crippen molar-refractivity contribution in [3.8, 4) is 0 Å². The normalized spacial score (nSPS) is 13.3. The maximum atomic E-state index is 12.5. The molecule has 3 aromatic rings. The van der Waals surface area contributed by atoms with Crippen LogP contribution in [0.3, 0.4) is 0 Å². The molecular formula is C24H24N4O2. The van der Waals surface area contributed by atoms with Gasteiger partial charge in [0, 0.05) is 30.5 Å². The van der Waals surface area contributed by atoms with Gasteiger partial charge in [0.2, 0.25) is 11.8 Å². The average molecular weight is 400 g/mol. The number of anilines is 3. The molecule has 152 valence electrons. The van der Waals surface area contributed by atoms with E-state index in [0.717, 1.165) is 41.2 Å². The van der Waals surface area contributed by atoms with Crippen molar-refractivity contribution < 1.29 is 9.59 Å². The van der Waals surface area contributed by atoms with Crippen LogP contribution >= 0.6 is 0 Å². The Kier molecular flexibility index (Phi) is 6.03. The quantitative estimate of drug-likeness (QED) is 0.660. The topological polar surface area (TPSA) is 74.3 Å². The second kappa shape index (κ2) is 9.22. The largest absolute Gasteiger partial charge is 0.350 e. The van der Waals surface area contributed by atoms with Crippen molar-refractivity contribution >= 4 is 29.0 Å². The molecule has 2 N–H and O–H groups in total. The van der Waals surface area contributed by atoms with Gasteiger partial charge in [-0.1, -0.05) is 36.4 Å².